The Kier molecular flexibility index (Phi) is 7.69. The number of hydrogen-bond donors (Lipinski definition) is 1. The first-order chi connectivity index (χ1) is 21.5. The third-order valence-electron chi connectivity index (χ3n) is 13.2. The molecule has 8 aliphatic heterocycles. The van der Waals surface area contributed by atoms with Crippen molar-refractivity contribution in [3.8, 4) is 0 Å². The van der Waals surface area contributed by atoms with Crippen molar-refractivity contribution < 1.29 is 53.2 Å². The topological polar surface area (TPSA) is 125 Å². The van der Waals surface area contributed by atoms with E-state index in [1.807, 2.05) is 13.8 Å². The van der Waals surface area contributed by atoms with Gasteiger partial charge in [-0.1, -0.05) is 32.9 Å². The van der Waals surface area contributed by atoms with Crippen molar-refractivity contribution in [2.75, 3.05) is 13.2 Å². The highest BCUT2D eigenvalue weighted by molar-refractivity contribution is 5.86. The number of rotatable bonds is 6. The maximum atomic E-state index is 9.97. The summed E-state index contributed by atoms with van der Waals surface area (Å²) >= 11 is 0. The van der Waals surface area contributed by atoms with Gasteiger partial charge in [0.1, 0.15) is 5.71 Å². The molecule has 45 heavy (non-hydrogen) atoms. The van der Waals surface area contributed by atoms with Crippen LogP contribution in [0.3, 0.4) is 0 Å². The van der Waals surface area contributed by atoms with Crippen LogP contribution in [0, 0.1) is 47.3 Å². The monoisotopic (exact) mass is 637 g/mol. The number of nitrogens with zero attached hydrogens (tertiary/aromatic N) is 1. The van der Waals surface area contributed by atoms with Crippen LogP contribution in [-0.4, -0.2) is 72.1 Å². The quantitative estimate of drug-likeness (QED) is 0.177. The van der Waals surface area contributed by atoms with E-state index in [1.54, 1.807) is 0 Å². The molecule has 1 unspecified atom stereocenters. The molecule has 12 nitrogen and oxygen atoms in total. The predicted octanol–water partition coefficient (Wildman–Crippen LogP) is 5.27. The van der Waals surface area contributed by atoms with Gasteiger partial charge in [0.05, 0.1) is 13.2 Å². The summed E-state index contributed by atoms with van der Waals surface area (Å²) in [7, 11) is 0. The van der Waals surface area contributed by atoms with E-state index in [9.17, 15) is 5.21 Å². The molecule has 8 saturated heterocycles. The third kappa shape index (κ3) is 4.64. The number of oxime groups is 1. The molecule has 0 aromatic rings. The zero-order valence-electron chi connectivity index (χ0n) is 27.5. The zero-order chi connectivity index (χ0) is 31.4. The van der Waals surface area contributed by atoms with Crippen molar-refractivity contribution >= 4 is 5.71 Å². The second kappa shape index (κ2) is 11.0. The average Bonchev–Trinajstić information content (AvgIpc) is 3.39. The molecular weight excluding hydrogens is 586 g/mol. The largest absolute Gasteiger partial charge is 0.411 e. The van der Waals surface area contributed by atoms with Crippen LogP contribution >= 0.6 is 0 Å². The summed E-state index contributed by atoms with van der Waals surface area (Å²) in [5.74, 6) is 0.135. The van der Waals surface area contributed by atoms with Gasteiger partial charge < -0.3 is 33.6 Å². The fraction of sp³-hybridized carbons (Fsp3) is 0.970. The molecule has 0 aromatic heterocycles. The van der Waals surface area contributed by atoms with E-state index < -0.39 is 47.9 Å². The van der Waals surface area contributed by atoms with Crippen molar-refractivity contribution in [1.29, 1.82) is 0 Å². The van der Waals surface area contributed by atoms with Gasteiger partial charge in [-0.25, -0.2) is 19.6 Å². The fourth-order valence-electron chi connectivity index (χ4n) is 10.6. The van der Waals surface area contributed by atoms with E-state index in [2.05, 4.69) is 32.9 Å². The van der Waals surface area contributed by atoms with Gasteiger partial charge >= 0.3 is 0 Å². The Morgan fingerprint density at radius 3 is 1.51 bits per heavy atom. The molecular formula is C33H51NO11. The SMILES string of the molecule is C[C@H]1[C@@H](OCC(CO[C@H]2O[C@@H]3O[C@@]4(C)CC[C@H]5[C@H](C)CC[C@@H]([C@H]2C)[C@@]35OO4)=NO)OC2O[C@@]3(C)CC[C@H]4[C@H](C)CC[C@@H]1[C@@]24OO3. The van der Waals surface area contributed by atoms with E-state index in [-0.39, 0.29) is 48.7 Å². The van der Waals surface area contributed by atoms with Gasteiger partial charge in [0.25, 0.3) is 0 Å². The first-order valence-electron chi connectivity index (χ1n) is 17.3. The summed E-state index contributed by atoms with van der Waals surface area (Å²) in [6, 6.07) is 0. The van der Waals surface area contributed by atoms with Gasteiger partial charge in [-0.05, 0) is 76.0 Å². The Labute approximate surface area is 265 Å². The Morgan fingerprint density at radius 1 is 0.644 bits per heavy atom. The van der Waals surface area contributed by atoms with Crippen molar-refractivity contribution in [2.24, 2.45) is 52.5 Å². The average molecular weight is 638 g/mol. The van der Waals surface area contributed by atoms with Crippen molar-refractivity contribution in [3.63, 3.8) is 0 Å². The molecule has 2 spiro atoms. The molecule has 0 amide bonds. The van der Waals surface area contributed by atoms with Crippen LogP contribution in [0.15, 0.2) is 5.16 Å². The minimum atomic E-state index is -0.852. The molecule has 16 atom stereocenters. The van der Waals surface area contributed by atoms with Crippen LogP contribution in [0.1, 0.15) is 92.9 Å². The molecule has 8 heterocycles. The zero-order valence-corrected chi connectivity index (χ0v) is 27.5. The first kappa shape index (κ1) is 31.3. The minimum Gasteiger partial charge on any atom is -0.411 e. The van der Waals surface area contributed by atoms with E-state index in [1.165, 1.54) is 0 Å². The van der Waals surface area contributed by atoms with Gasteiger partial charge in [-0.3, -0.25) is 0 Å². The minimum absolute atomic E-state index is 0.0117. The van der Waals surface area contributed by atoms with Gasteiger partial charge in [-0.2, -0.15) is 0 Å². The highest BCUT2D eigenvalue weighted by atomic mass is 17.3. The molecule has 254 valence electrons. The van der Waals surface area contributed by atoms with Crippen LogP contribution in [0.2, 0.25) is 0 Å². The van der Waals surface area contributed by atoms with Crippen molar-refractivity contribution in [3.05, 3.63) is 0 Å². The summed E-state index contributed by atoms with van der Waals surface area (Å²) in [5.41, 5.74) is -0.967. The molecule has 10 fully saturated rings. The molecule has 4 bridgehead atoms. The fourth-order valence-corrected chi connectivity index (χ4v) is 10.6. The third-order valence-corrected chi connectivity index (χ3v) is 13.2. The van der Waals surface area contributed by atoms with Gasteiger partial charge in [0, 0.05) is 36.5 Å². The van der Waals surface area contributed by atoms with Gasteiger partial charge in [0.2, 0.25) is 11.6 Å². The lowest BCUT2D eigenvalue weighted by molar-refractivity contribution is -0.577. The lowest BCUT2D eigenvalue weighted by atomic mass is 9.58. The van der Waals surface area contributed by atoms with Crippen LogP contribution in [0.5, 0.6) is 0 Å². The lowest BCUT2D eigenvalue weighted by Crippen LogP contribution is -2.70. The first-order valence-corrected chi connectivity index (χ1v) is 17.3. The summed E-state index contributed by atoms with van der Waals surface area (Å²) in [6.07, 6.45) is 5.28. The van der Waals surface area contributed by atoms with Gasteiger partial charge in [-0.15, -0.1) is 0 Å². The van der Waals surface area contributed by atoms with E-state index >= 15 is 0 Å². The number of ether oxygens (including phenoxy) is 6. The molecule has 10 rings (SSSR count). The Morgan fingerprint density at radius 2 is 1.09 bits per heavy atom. The summed E-state index contributed by atoms with van der Waals surface area (Å²) < 4.78 is 38.6. The molecule has 0 aromatic carbocycles. The highest BCUT2D eigenvalue weighted by Gasteiger charge is 2.71. The predicted molar refractivity (Wildman–Crippen MR) is 155 cm³/mol. The normalized spacial score (nSPS) is 57.1. The molecule has 2 saturated carbocycles. The molecule has 10 aliphatic rings. The van der Waals surface area contributed by atoms with E-state index in [0.29, 0.717) is 17.5 Å². The van der Waals surface area contributed by atoms with Crippen molar-refractivity contribution in [1.82, 2.24) is 0 Å². The van der Waals surface area contributed by atoms with Crippen molar-refractivity contribution in [2.45, 2.75) is 141 Å². The molecule has 2 aliphatic carbocycles. The summed E-state index contributed by atoms with van der Waals surface area (Å²) in [6.45, 7) is 12.8. The highest BCUT2D eigenvalue weighted by Crippen LogP contribution is 2.62. The number of fused-ring (bicyclic) bond motifs is 4. The second-order valence-electron chi connectivity index (χ2n) is 15.8. The van der Waals surface area contributed by atoms with Crippen LogP contribution in [-0.2, 0) is 48.0 Å². The van der Waals surface area contributed by atoms with Crippen LogP contribution < -0.4 is 0 Å². The summed E-state index contributed by atoms with van der Waals surface area (Å²) in [5, 5.41) is 13.5. The maximum Gasteiger partial charge on any atom is 0.201 e. The smallest absolute Gasteiger partial charge is 0.201 e. The van der Waals surface area contributed by atoms with E-state index in [4.69, 9.17) is 48.0 Å². The summed E-state index contributed by atoms with van der Waals surface area (Å²) in [4.78, 5) is 24.3. The molecule has 0 radical (unpaired) electrons. The maximum absolute atomic E-state index is 9.97. The Hall–Kier alpha value is -0.930. The van der Waals surface area contributed by atoms with Crippen LogP contribution in [0.4, 0.5) is 0 Å². The lowest BCUT2D eigenvalue weighted by Gasteiger charge is -2.60. The Balaban J connectivity index is 0.936. The van der Waals surface area contributed by atoms with Crippen LogP contribution in [0.25, 0.3) is 0 Å². The molecule has 12 heteroatoms. The second-order valence-corrected chi connectivity index (χ2v) is 15.8. The van der Waals surface area contributed by atoms with Gasteiger partial charge in [0.15, 0.2) is 36.4 Å². The van der Waals surface area contributed by atoms with E-state index in [0.717, 1.165) is 51.4 Å². The standard InChI is InChI=1S/C33H51NO11/c1-17-7-9-24-19(3)26(38-28-32(24)22(17)11-13-30(5,40-28)42-44-32)36-15-21(34-35)16-37-27-20(4)25-10-8-18(2)23-12-14-31(6)41-29(39-27)33(23,25)45-43-31/h17-20,22-29,35H,7-16H2,1-6H3/t17-,18-,19-,20-,22+,23+,24+,25+,26+,27+,28-,29?,30-,31-,32-,33-/m1/s1. The molecule has 1 N–H and O–H groups in total. The Bertz CT molecular complexity index is 1090. The number of hydrogen-bond acceptors (Lipinski definition) is 12.